The Kier molecular flexibility index (Phi) is 5.48. The van der Waals surface area contributed by atoms with Crippen LogP contribution in [0.1, 0.15) is 9.67 Å². The summed E-state index contributed by atoms with van der Waals surface area (Å²) in [5.41, 5.74) is 0. The Morgan fingerprint density at radius 2 is 2.10 bits per heavy atom. The molecule has 2 N–H and O–H groups in total. The lowest BCUT2D eigenvalue weighted by Crippen LogP contribution is -2.57. The van der Waals surface area contributed by atoms with Crippen molar-refractivity contribution in [2.45, 2.75) is 12.2 Å². The van der Waals surface area contributed by atoms with E-state index in [1.807, 2.05) is 0 Å². The third-order valence-corrected chi connectivity index (χ3v) is 4.45. The summed E-state index contributed by atoms with van der Waals surface area (Å²) in [6.45, 7) is 1.19. The van der Waals surface area contributed by atoms with E-state index >= 15 is 0 Å². The molecule has 1 fully saturated rings. The van der Waals surface area contributed by atoms with E-state index in [-0.39, 0.29) is 0 Å². The fourth-order valence-electron chi connectivity index (χ4n) is 2.16. The van der Waals surface area contributed by atoms with Gasteiger partial charge in [0.05, 0.1) is 9.21 Å². The number of rotatable bonds is 4. The maximum absolute atomic E-state index is 13.1. The van der Waals surface area contributed by atoms with Crippen molar-refractivity contribution in [3.05, 3.63) is 21.3 Å². The van der Waals surface area contributed by atoms with Crippen LogP contribution in [0.5, 0.6) is 0 Å². The predicted molar refractivity (Wildman–Crippen MR) is 75.9 cm³/mol. The summed E-state index contributed by atoms with van der Waals surface area (Å²) < 4.78 is 39.8. The minimum atomic E-state index is -4.38. The Hall–Kier alpha value is -0.830. The minimum absolute atomic E-state index is 0.307. The van der Waals surface area contributed by atoms with Crippen LogP contribution in [0.3, 0.4) is 0 Å². The lowest BCUT2D eigenvalue weighted by molar-refractivity contribution is -0.183. The zero-order chi connectivity index (χ0) is 15.5. The maximum atomic E-state index is 13.1. The monoisotopic (exact) mass is 341 g/mol. The Morgan fingerprint density at radius 1 is 1.43 bits per heavy atom. The molecule has 118 valence electrons. The number of hydrogen-bond donors (Lipinski definition) is 2. The van der Waals surface area contributed by atoms with Gasteiger partial charge in [0.2, 0.25) is 0 Å². The molecule has 1 aromatic heterocycles. The lowest BCUT2D eigenvalue weighted by Gasteiger charge is -2.35. The van der Waals surface area contributed by atoms with E-state index in [1.54, 1.807) is 6.07 Å². The molecule has 2 heterocycles. The van der Waals surface area contributed by atoms with Crippen LogP contribution in [0.15, 0.2) is 12.1 Å². The number of carbonyl (C=O) groups excluding carboxylic acids is 1. The van der Waals surface area contributed by atoms with Gasteiger partial charge in [0, 0.05) is 32.7 Å². The summed E-state index contributed by atoms with van der Waals surface area (Å²) in [6.07, 6.45) is -4.38. The van der Waals surface area contributed by atoms with Crippen molar-refractivity contribution in [2.75, 3.05) is 32.7 Å². The van der Waals surface area contributed by atoms with E-state index < -0.39 is 24.7 Å². The molecule has 0 aromatic carbocycles. The van der Waals surface area contributed by atoms with Crippen molar-refractivity contribution < 1.29 is 18.0 Å². The number of thiophene rings is 1. The molecule has 1 saturated heterocycles. The summed E-state index contributed by atoms with van der Waals surface area (Å²) >= 11 is 6.74. The van der Waals surface area contributed by atoms with E-state index in [0.717, 1.165) is 11.3 Å². The number of alkyl halides is 3. The molecule has 1 aliphatic heterocycles. The Labute approximate surface area is 129 Å². The molecule has 2 rings (SSSR count). The van der Waals surface area contributed by atoms with Gasteiger partial charge in [0.1, 0.15) is 6.04 Å². The van der Waals surface area contributed by atoms with Gasteiger partial charge in [-0.25, -0.2) is 0 Å². The summed E-state index contributed by atoms with van der Waals surface area (Å²) in [7, 11) is 0. The first kappa shape index (κ1) is 16.5. The topological polar surface area (TPSA) is 44.4 Å². The second-order valence-electron chi connectivity index (χ2n) is 4.66. The van der Waals surface area contributed by atoms with Gasteiger partial charge >= 0.3 is 6.18 Å². The number of nitrogens with one attached hydrogen (secondary N) is 2. The highest BCUT2D eigenvalue weighted by molar-refractivity contribution is 7.17. The molecule has 0 aliphatic carbocycles. The molecule has 0 radical (unpaired) electrons. The zero-order valence-electron chi connectivity index (χ0n) is 11.0. The Morgan fingerprint density at radius 3 is 2.62 bits per heavy atom. The van der Waals surface area contributed by atoms with E-state index in [0.29, 0.717) is 35.4 Å². The third kappa shape index (κ3) is 4.57. The van der Waals surface area contributed by atoms with Gasteiger partial charge in [-0.3, -0.25) is 9.69 Å². The molecule has 0 saturated carbocycles. The Bertz CT molecular complexity index is 488. The van der Waals surface area contributed by atoms with Crippen LogP contribution in [0.25, 0.3) is 0 Å². The van der Waals surface area contributed by atoms with Gasteiger partial charge in [-0.15, -0.1) is 11.3 Å². The van der Waals surface area contributed by atoms with Gasteiger partial charge in [0.15, 0.2) is 0 Å². The first-order valence-corrected chi connectivity index (χ1v) is 7.62. The smallest absolute Gasteiger partial charge is 0.349 e. The molecule has 1 aliphatic rings. The highest BCUT2D eigenvalue weighted by Gasteiger charge is 2.43. The summed E-state index contributed by atoms with van der Waals surface area (Å²) in [4.78, 5) is 13.5. The molecule has 1 atom stereocenters. The molecule has 1 aromatic rings. The molecule has 1 amide bonds. The fraction of sp³-hybridized carbons (Fsp3) is 0.583. The minimum Gasteiger partial charge on any atom is -0.349 e. The molecule has 21 heavy (non-hydrogen) atoms. The van der Waals surface area contributed by atoms with Gasteiger partial charge in [-0.1, -0.05) is 11.6 Å². The number of amides is 1. The number of halogens is 4. The van der Waals surface area contributed by atoms with Crippen molar-refractivity contribution in [3.63, 3.8) is 0 Å². The molecule has 4 nitrogen and oxygen atoms in total. The fourth-order valence-corrected chi connectivity index (χ4v) is 3.12. The quantitative estimate of drug-likeness (QED) is 0.880. The van der Waals surface area contributed by atoms with Crippen LogP contribution in [-0.4, -0.2) is 55.7 Å². The van der Waals surface area contributed by atoms with Crippen LogP contribution < -0.4 is 10.6 Å². The van der Waals surface area contributed by atoms with Crippen LogP contribution >= 0.6 is 22.9 Å². The lowest BCUT2D eigenvalue weighted by atomic mass is 10.2. The van der Waals surface area contributed by atoms with Gasteiger partial charge in [-0.05, 0) is 12.1 Å². The Balaban J connectivity index is 1.97. The summed E-state index contributed by atoms with van der Waals surface area (Å²) in [5.74, 6) is -0.531. The van der Waals surface area contributed by atoms with Crippen molar-refractivity contribution in [1.82, 2.24) is 15.5 Å². The van der Waals surface area contributed by atoms with Crippen LogP contribution in [0, 0.1) is 0 Å². The number of nitrogens with zero attached hydrogens (tertiary/aromatic N) is 1. The van der Waals surface area contributed by atoms with Crippen LogP contribution in [0.4, 0.5) is 13.2 Å². The highest BCUT2D eigenvalue weighted by atomic mass is 35.5. The normalized spacial score (nSPS) is 18.5. The van der Waals surface area contributed by atoms with E-state index in [9.17, 15) is 18.0 Å². The molecular weight excluding hydrogens is 327 g/mol. The number of piperazine rings is 1. The average molecular weight is 342 g/mol. The molecule has 0 spiro atoms. The second-order valence-corrected chi connectivity index (χ2v) is 6.37. The average Bonchev–Trinajstić information content (AvgIpc) is 2.85. The summed E-state index contributed by atoms with van der Waals surface area (Å²) in [6, 6.07) is 1.37. The molecule has 9 heteroatoms. The van der Waals surface area contributed by atoms with Crippen LogP contribution in [-0.2, 0) is 0 Å². The third-order valence-electron chi connectivity index (χ3n) is 3.22. The SMILES string of the molecule is O=C(NCC(N1CCNCC1)C(F)(F)F)c1ccc(Cl)s1. The first-order chi connectivity index (χ1) is 9.88. The maximum Gasteiger partial charge on any atom is 0.405 e. The number of carbonyl (C=O) groups is 1. The van der Waals surface area contributed by atoms with Crippen molar-refractivity contribution >= 4 is 28.8 Å². The van der Waals surface area contributed by atoms with Gasteiger partial charge in [-0.2, -0.15) is 13.2 Å². The second kappa shape index (κ2) is 6.95. The van der Waals surface area contributed by atoms with E-state index in [4.69, 9.17) is 11.6 Å². The molecule has 0 bridgehead atoms. The van der Waals surface area contributed by atoms with Crippen molar-refractivity contribution in [2.24, 2.45) is 0 Å². The largest absolute Gasteiger partial charge is 0.405 e. The summed E-state index contributed by atoms with van der Waals surface area (Å²) in [5, 5.41) is 5.35. The number of hydrogen-bond acceptors (Lipinski definition) is 4. The standard InChI is InChI=1S/C12H15ClF3N3OS/c13-10-2-1-8(21-10)11(20)18-7-9(12(14,15)16)19-5-3-17-4-6-19/h1-2,9,17H,3-7H2,(H,18,20). The van der Waals surface area contributed by atoms with Crippen molar-refractivity contribution in [1.29, 1.82) is 0 Å². The zero-order valence-corrected chi connectivity index (χ0v) is 12.6. The van der Waals surface area contributed by atoms with E-state index in [2.05, 4.69) is 10.6 Å². The predicted octanol–water partition coefficient (Wildman–Crippen LogP) is 1.97. The molecular formula is C12H15ClF3N3OS. The van der Waals surface area contributed by atoms with Gasteiger partial charge < -0.3 is 10.6 Å². The highest BCUT2D eigenvalue weighted by Crippen LogP contribution is 2.25. The van der Waals surface area contributed by atoms with E-state index in [1.165, 1.54) is 11.0 Å². The van der Waals surface area contributed by atoms with Crippen LogP contribution in [0.2, 0.25) is 4.34 Å². The first-order valence-electron chi connectivity index (χ1n) is 6.43. The van der Waals surface area contributed by atoms with Crippen molar-refractivity contribution in [3.8, 4) is 0 Å². The van der Waals surface area contributed by atoms with Gasteiger partial charge in [0.25, 0.3) is 5.91 Å². The molecule has 1 unspecified atom stereocenters.